The molecule has 1 saturated heterocycles. The summed E-state index contributed by atoms with van der Waals surface area (Å²) in [6, 6.07) is 15.3. The molecule has 0 unspecified atom stereocenters. The van der Waals surface area contributed by atoms with E-state index in [1.807, 2.05) is 72.5 Å². The van der Waals surface area contributed by atoms with Gasteiger partial charge in [-0.25, -0.2) is 0 Å². The summed E-state index contributed by atoms with van der Waals surface area (Å²) in [5.74, 6) is 1.99. The van der Waals surface area contributed by atoms with Crippen molar-refractivity contribution < 1.29 is 24.1 Å². The number of nitrogens with zero attached hydrogens (tertiary/aromatic N) is 4. The summed E-state index contributed by atoms with van der Waals surface area (Å²) in [6.07, 6.45) is 4.68. The van der Waals surface area contributed by atoms with E-state index < -0.39 is 5.60 Å². The number of amides is 1. The number of aryl methyl sites for hydroxylation is 2. The lowest BCUT2D eigenvalue weighted by molar-refractivity contribution is -0.132. The van der Waals surface area contributed by atoms with E-state index in [0.717, 1.165) is 24.1 Å². The van der Waals surface area contributed by atoms with Crippen molar-refractivity contribution in [1.82, 2.24) is 19.6 Å². The van der Waals surface area contributed by atoms with Crippen LogP contribution < -0.4 is 14.2 Å². The second kappa shape index (κ2) is 12.8. The molecule has 0 aliphatic carbocycles. The smallest absolute Gasteiger partial charge is 0.219 e. The van der Waals surface area contributed by atoms with E-state index in [2.05, 4.69) is 10.00 Å². The fraction of sp³-hybridized carbons (Fsp3) is 0.448. The number of benzene rings is 2. The van der Waals surface area contributed by atoms with Crippen molar-refractivity contribution in [2.24, 2.45) is 0 Å². The molecule has 1 aliphatic heterocycles. The van der Waals surface area contributed by atoms with Gasteiger partial charge in [-0.15, -0.1) is 0 Å². The summed E-state index contributed by atoms with van der Waals surface area (Å²) in [5.41, 5.74) is 0.958. The van der Waals surface area contributed by atoms with Gasteiger partial charge in [-0.2, -0.15) is 5.10 Å². The third-order valence-electron chi connectivity index (χ3n) is 6.57. The molecule has 1 amide bonds. The Hall–Kier alpha value is -3.56. The monoisotopic (exact) mass is 522 g/mol. The molecule has 2 aromatic carbocycles. The molecule has 2 heterocycles. The van der Waals surface area contributed by atoms with Gasteiger partial charge in [0.05, 0.1) is 26.5 Å². The van der Waals surface area contributed by atoms with Gasteiger partial charge < -0.3 is 24.2 Å². The second-order valence-corrected chi connectivity index (χ2v) is 9.95. The first kappa shape index (κ1) is 27.5. The Labute approximate surface area is 224 Å². The molecule has 9 nitrogen and oxygen atoms in total. The van der Waals surface area contributed by atoms with Crippen molar-refractivity contribution in [3.63, 3.8) is 0 Å². The maximum Gasteiger partial charge on any atom is 0.219 e. The first-order chi connectivity index (χ1) is 18.3. The Morgan fingerprint density at radius 1 is 1.08 bits per heavy atom. The van der Waals surface area contributed by atoms with Crippen molar-refractivity contribution in [1.29, 1.82) is 0 Å². The van der Waals surface area contributed by atoms with Crippen LogP contribution in [0.2, 0.25) is 0 Å². The maximum absolute atomic E-state index is 12.2. The summed E-state index contributed by atoms with van der Waals surface area (Å²) in [6.45, 7) is 7.31. The first-order valence-corrected chi connectivity index (χ1v) is 13.0. The number of aliphatic hydroxyl groups is 1. The predicted molar refractivity (Wildman–Crippen MR) is 144 cm³/mol. The SMILES string of the molecule is COc1ccc(CN2CCN(C(C)=O)C[C@](O)(COc3ccccc3)C2)cc1OCCCn1cc(C)cn1. The normalized spacial score (nSPS) is 18.2. The van der Waals surface area contributed by atoms with Crippen LogP contribution in [0.5, 0.6) is 17.2 Å². The number of carbonyl (C=O) groups is 1. The Kier molecular flexibility index (Phi) is 9.25. The van der Waals surface area contributed by atoms with Crippen LogP contribution in [0.25, 0.3) is 0 Å². The van der Waals surface area contributed by atoms with Crippen LogP contribution >= 0.6 is 0 Å². The highest BCUT2D eigenvalue weighted by Crippen LogP contribution is 2.29. The van der Waals surface area contributed by atoms with Gasteiger partial charge in [-0.1, -0.05) is 24.3 Å². The van der Waals surface area contributed by atoms with Gasteiger partial charge in [-0.05, 0) is 42.3 Å². The van der Waals surface area contributed by atoms with Gasteiger partial charge in [0, 0.05) is 52.3 Å². The average molecular weight is 523 g/mol. The lowest BCUT2D eigenvalue weighted by Gasteiger charge is -2.32. The van der Waals surface area contributed by atoms with Crippen LogP contribution in [0.3, 0.4) is 0 Å². The number of methoxy groups -OCH3 is 1. The topological polar surface area (TPSA) is 89.3 Å². The largest absolute Gasteiger partial charge is 0.493 e. The number of rotatable bonds is 11. The second-order valence-electron chi connectivity index (χ2n) is 9.95. The Morgan fingerprint density at radius 3 is 2.61 bits per heavy atom. The zero-order valence-corrected chi connectivity index (χ0v) is 22.5. The number of para-hydroxylation sites is 1. The predicted octanol–water partition coefficient (Wildman–Crippen LogP) is 3.14. The van der Waals surface area contributed by atoms with Gasteiger partial charge in [0.1, 0.15) is 18.0 Å². The van der Waals surface area contributed by atoms with Crippen molar-refractivity contribution in [3.8, 4) is 17.2 Å². The van der Waals surface area contributed by atoms with E-state index >= 15 is 0 Å². The van der Waals surface area contributed by atoms with Crippen LogP contribution in [0.4, 0.5) is 0 Å². The number of ether oxygens (including phenoxy) is 3. The molecular weight excluding hydrogens is 484 g/mol. The Morgan fingerprint density at radius 2 is 1.89 bits per heavy atom. The van der Waals surface area contributed by atoms with Crippen LogP contribution in [-0.2, 0) is 17.9 Å². The van der Waals surface area contributed by atoms with E-state index in [0.29, 0.717) is 50.0 Å². The van der Waals surface area contributed by atoms with Gasteiger partial charge in [-0.3, -0.25) is 14.4 Å². The van der Waals surface area contributed by atoms with Crippen molar-refractivity contribution >= 4 is 5.91 Å². The molecule has 1 aliphatic rings. The van der Waals surface area contributed by atoms with Crippen LogP contribution in [0.1, 0.15) is 24.5 Å². The zero-order valence-electron chi connectivity index (χ0n) is 22.5. The fourth-order valence-corrected chi connectivity index (χ4v) is 4.66. The van der Waals surface area contributed by atoms with Crippen molar-refractivity contribution in [2.75, 3.05) is 46.5 Å². The molecule has 204 valence electrons. The highest BCUT2D eigenvalue weighted by molar-refractivity contribution is 5.73. The summed E-state index contributed by atoms with van der Waals surface area (Å²) < 4.78 is 19.4. The number of β-amino-alcohol motifs (C(OH)–C–C–N with tert-alkyl or cyclic N) is 1. The zero-order chi connectivity index (χ0) is 27.0. The average Bonchev–Trinajstić information content (AvgIpc) is 3.25. The van der Waals surface area contributed by atoms with Crippen molar-refractivity contribution in [2.45, 2.75) is 39.0 Å². The molecule has 1 fully saturated rings. The van der Waals surface area contributed by atoms with Crippen molar-refractivity contribution in [3.05, 3.63) is 72.1 Å². The van der Waals surface area contributed by atoms with Crippen LogP contribution in [-0.4, -0.2) is 82.7 Å². The van der Waals surface area contributed by atoms with E-state index in [1.54, 1.807) is 12.0 Å². The molecule has 1 N–H and O–H groups in total. The quantitative estimate of drug-likeness (QED) is 0.387. The fourth-order valence-electron chi connectivity index (χ4n) is 4.66. The Balaban J connectivity index is 1.40. The molecule has 0 saturated carbocycles. The standard InChI is InChI=1S/C29H38N4O5/c1-23-17-30-33(18-23)12-7-15-37-28-16-25(10-11-27(28)36-3)19-31-13-14-32(24(2)34)21-29(35,20-31)22-38-26-8-5-4-6-9-26/h4-6,8-11,16-18,35H,7,12-15,19-22H2,1-3H3/t29-/m0/s1. The van der Waals surface area contributed by atoms with E-state index in [9.17, 15) is 9.90 Å². The van der Waals surface area contributed by atoms with Gasteiger partial charge in [0.2, 0.25) is 5.91 Å². The molecule has 38 heavy (non-hydrogen) atoms. The summed E-state index contributed by atoms with van der Waals surface area (Å²) >= 11 is 0. The van der Waals surface area contributed by atoms with Gasteiger partial charge in [0.25, 0.3) is 0 Å². The summed E-state index contributed by atoms with van der Waals surface area (Å²) in [7, 11) is 1.63. The molecule has 0 bridgehead atoms. The minimum Gasteiger partial charge on any atom is -0.493 e. The van der Waals surface area contributed by atoms with E-state index in [-0.39, 0.29) is 19.1 Å². The highest BCUT2D eigenvalue weighted by atomic mass is 16.5. The molecule has 3 aromatic rings. The number of hydrogen-bond acceptors (Lipinski definition) is 7. The molecule has 1 aromatic heterocycles. The number of hydrogen-bond donors (Lipinski definition) is 1. The number of carbonyl (C=O) groups excluding carboxylic acids is 1. The summed E-state index contributed by atoms with van der Waals surface area (Å²) in [5, 5.41) is 15.9. The molecule has 0 radical (unpaired) electrons. The first-order valence-electron chi connectivity index (χ1n) is 13.0. The Bertz CT molecular complexity index is 1180. The highest BCUT2D eigenvalue weighted by Gasteiger charge is 2.37. The van der Waals surface area contributed by atoms with Crippen LogP contribution in [0, 0.1) is 6.92 Å². The maximum atomic E-state index is 12.2. The lowest BCUT2D eigenvalue weighted by atomic mass is 10.0. The van der Waals surface area contributed by atoms with Gasteiger partial charge in [0.15, 0.2) is 11.5 Å². The molecule has 4 rings (SSSR count). The third-order valence-corrected chi connectivity index (χ3v) is 6.57. The molecule has 0 spiro atoms. The minimum absolute atomic E-state index is 0.0598. The van der Waals surface area contributed by atoms with Gasteiger partial charge >= 0.3 is 0 Å². The lowest BCUT2D eigenvalue weighted by Crippen LogP contribution is -2.51. The minimum atomic E-state index is -1.21. The van der Waals surface area contributed by atoms with E-state index in [4.69, 9.17) is 14.2 Å². The molecule has 9 heteroatoms. The number of aromatic nitrogens is 2. The molecular formula is C29H38N4O5. The molecule has 1 atom stereocenters. The van der Waals surface area contributed by atoms with E-state index in [1.165, 1.54) is 6.92 Å². The third kappa shape index (κ3) is 7.72. The van der Waals surface area contributed by atoms with Crippen LogP contribution in [0.15, 0.2) is 60.9 Å². The summed E-state index contributed by atoms with van der Waals surface area (Å²) in [4.78, 5) is 16.1.